The maximum atomic E-state index is 13.6. The molecule has 2 aromatic heterocycles. The van der Waals surface area contributed by atoms with Crippen LogP contribution in [-0.2, 0) is 21.8 Å². The quantitative estimate of drug-likeness (QED) is 0.510. The Morgan fingerprint density at radius 1 is 1.08 bits per heavy atom. The number of hydrogen-bond acceptors (Lipinski definition) is 6. The fourth-order valence-electron chi connectivity index (χ4n) is 5.85. The van der Waals surface area contributed by atoms with Gasteiger partial charge in [-0.15, -0.1) is 0 Å². The van der Waals surface area contributed by atoms with E-state index in [1.807, 2.05) is 31.7 Å². The SMILES string of the molecule is Cn1cc(C2CN(S(=O)(=O)c3ccccc3)c3ncc(C4=CCC(N5CCCOCC5)CC4)cc32)cn1. The molecular weight excluding hydrogens is 486 g/mol. The van der Waals surface area contributed by atoms with Gasteiger partial charge in [0.1, 0.15) is 5.82 Å². The summed E-state index contributed by atoms with van der Waals surface area (Å²) in [6.45, 7) is 4.10. The van der Waals surface area contributed by atoms with Crippen molar-refractivity contribution in [3.05, 3.63) is 77.8 Å². The second-order valence-electron chi connectivity index (χ2n) is 10.1. The van der Waals surface area contributed by atoms with Crippen molar-refractivity contribution < 1.29 is 13.2 Å². The van der Waals surface area contributed by atoms with Gasteiger partial charge in [0.15, 0.2) is 0 Å². The van der Waals surface area contributed by atoms with Gasteiger partial charge in [0.05, 0.1) is 17.7 Å². The molecule has 3 aromatic rings. The molecule has 9 heteroatoms. The molecule has 1 saturated heterocycles. The summed E-state index contributed by atoms with van der Waals surface area (Å²) in [5.74, 6) is 0.393. The van der Waals surface area contributed by atoms with Crippen molar-refractivity contribution in [3.63, 3.8) is 0 Å². The first-order valence-corrected chi connectivity index (χ1v) is 14.5. The minimum absolute atomic E-state index is 0.122. The molecule has 194 valence electrons. The highest BCUT2D eigenvalue weighted by molar-refractivity contribution is 7.92. The lowest BCUT2D eigenvalue weighted by Crippen LogP contribution is -2.37. The van der Waals surface area contributed by atoms with Crippen LogP contribution >= 0.6 is 0 Å². The fourth-order valence-corrected chi connectivity index (χ4v) is 7.33. The molecule has 0 saturated carbocycles. The van der Waals surface area contributed by atoms with E-state index in [2.05, 4.69) is 22.1 Å². The van der Waals surface area contributed by atoms with E-state index in [1.54, 1.807) is 28.9 Å². The van der Waals surface area contributed by atoms with Crippen molar-refractivity contribution in [1.82, 2.24) is 19.7 Å². The molecule has 1 aliphatic carbocycles. The lowest BCUT2D eigenvalue weighted by Gasteiger charge is -2.32. The van der Waals surface area contributed by atoms with Crippen molar-refractivity contribution in [3.8, 4) is 0 Å². The van der Waals surface area contributed by atoms with Crippen LogP contribution in [0.4, 0.5) is 5.82 Å². The van der Waals surface area contributed by atoms with Crippen LogP contribution in [0.5, 0.6) is 0 Å². The molecule has 3 aliphatic rings. The molecule has 0 radical (unpaired) electrons. The van der Waals surface area contributed by atoms with E-state index >= 15 is 0 Å². The third-order valence-electron chi connectivity index (χ3n) is 7.84. The number of hydrogen-bond donors (Lipinski definition) is 0. The summed E-state index contributed by atoms with van der Waals surface area (Å²) < 4.78 is 36.1. The molecule has 1 fully saturated rings. The van der Waals surface area contributed by atoms with Crippen molar-refractivity contribution in [2.45, 2.75) is 42.5 Å². The van der Waals surface area contributed by atoms with Gasteiger partial charge in [-0.05, 0) is 60.6 Å². The Kier molecular flexibility index (Phi) is 6.60. The average Bonchev–Trinajstić information content (AvgIpc) is 3.42. The zero-order valence-corrected chi connectivity index (χ0v) is 22.0. The fraction of sp³-hybridized carbons (Fsp3) is 0.429. The number of rotatable bonds is 5. The molecular formula is C28H33N5O3S. The molecule has 8 nitrogen and oxygen atoms in total. The summed E-state index contributed by atoms with van der Waals surface area (Å²) in [5.41, 5.74) is 4.32. The van der Waals surface area contributed by atoms with E-state index in [0.717, 1.165) is 68.7 Å². The highest BCUT2D eigenvalue weighted by Gasteiger charge is 2.39. The lowest BCUT2D eigenvalue weighted by atomic mass is 9.88. The maximum absolute atomic E-state index is 13.6. The number of aryl methyl sites for hydroxylation is 1. The summed E-state index contributed by atoms with van der Waals surface area (Å²) in [6.07, 6.45) is 12.2. The third-order valence-corrected chi connectivity index (χ3v) is 9.61. The van der Waals surface area contributed by atoms with Gasteiger partial charge in [-0.1, -0.05) is 24.3 Å². The predicted octanol–water partition coefficient (Wildman–Crippen LogP) is 3.81. The first kappa shape index (κ1) is 24.3. The van der Waals surface area contributed by atoms with E-state index in [4.69, 9.17) is 9.72 Å². The molecule has 2 unspecified atom stereocenters. The van der Waals surface area contributed by atoms with E-state index in [0.29, 0.717) is 18.4 Å². The van der Waals surface area contributed by atoms with Crippen molar-refractivity contribution >= 4 is 21.4 Å². The number of allylic oxidation sites excluding steroid dienone is 1. The number of ether oxygens (including phenoxy) is 1. The van der Waals surface area contributed by atoms with Gasteiger partial charge in [0, 0.05) is 63.2 Å². The number of pyridine rings is 1. The molecule has 0 bridgehead atoms. The van der Waals surface area contributed by atoms with Crippen LogP contribution in [0.1, 0.15) is 48.3 Å². The second-order valence-corrected chi connectivity index (χ2v) is 12.0. The third kappa shape index (κ3) is 4.71. The zero-order chi connectivity index (χ0) is 25.4. The number of anilines is 1. The van der Waals surface area contributed by atoms with Crippen LogP contribution in [-0.4, -0.2) is 67.0 Å². The molecule has 2 atom stereocenters. The molecule has 0 spiro atoms. The van der Waals surface area contributed by atoms with E-state index < -0.39 is 10.0 Å². The molecule has 6 rings (SSSR count). The van der Waals surface area contributed by atoms with Gasteiger partial charge in [-0.3, -0.25) is 9.58 Å². The van der Waals surface area contributed by atoms with Gasteiger partial charge < -0.3 is 4.74 Å². The van der Waals surface area contributed by atoms with Gasteiger partial charge in [0.25, 0.3) is 10.0 Å². The minimum Gasteiger partial charge on any atom is -0.380 e. The summed E-state index contributed by atoms with van der Waals surface area (Å²) >= 11 is 0. The van der Waals surface area contributed by atoms with E-state index in [1.165, 1.54) is 9.88 Å². The summed E-state index contributed by atoms with van der Waals surface area (Å²) in [4.78, 5) is 7.62. The first-order valence-electron chi connectivity index (χ1n) is 13.1. The molecule has 1 aromatic carbocycles. The standard InChI is InChI=1S/C28H33N5O3S/c1-31-19-23(18-30-31)27-20-33(37(34,35)25-6-3-2-4-7-25)28-26(27)16-22(17-29-28)21-8-10-24(11-9-21)32-12-5-14-36-15-13-32/h2-4,6-8,16-19,24,27H,5,9-15,20H2,1H3. The Morgan fingerprint density at radius 2 is 1.95 bits per heavy atom. The van der Waals surface area contributed by atoms with Crippen LogP contribution in [0.2, 0.25) is 0 Å². The summed E-state index contributed by atoms with van der Waals surface area (Å²) in [6, 6.07) is 11.3. The van der Waals surface area contributed by atoms with Crippen molar-refractivity contribution in [2.75, 3.05) is 37.2 Å². The van der Waals surface area contributed by atoms with Crippen LogP contribution in [0.25, 0.3) is 5.57 Å². The number of benzene rings is 1. The molecule has 0 N–H and O–H groups in total. The monoisotopic (exact) mass is 519 g/mol. The zero-order valence-electron chi connectivity index (χ0n) is 21.2. The summed E-state index contributed by atoms with van der Waals surface area (Å²) in [7, 11) is -1.85. The number of nitrogens with zero attached hydrogens (tertiary/aromatic N) is 5. The Bertz CT molecular complexity index is 1390. The van der Waals surface area contributed by atoms with Crippen LogP contribution in [0.15, 0.2) is 66.0 Å². The Hall–Kier alpha value is -3.01. The number of sulfonamides is 1. The van der Waals surface area contributed by atoms with Crippen LogP contribution in [0.3, 0.4) is 0 Å². The lowest BCUT2D eigenvalue weighted by molar-refractivity contribution is 0.129. The van der Waals surface area contributed by atoms with Gasteiger partial charge >= 0.3 is 0 Å². The Labute approximate surface area is 218 Å². The van der Waals surface area contributed by atoms with Crippen LogP contribution in [0, 0.1) is 0 Å². The van der Waals surface area contributed by atoms with Gasteiger partial charge in [-0.25, -0.2) is 17.7 Å². The van der Waals surface area contributed by atoms with Gasteiger partial charge in [-0.2, -0.15) is 5.10 Å². The van der Waals surface area contributed by atoms with E-state index in [-0.39, 0.29) is 10.8 Å². The normalized spacial score (nSPS) is 22.9. The molecule has 2 aliphatic heterocycles. The largest absolute Gasteiger partial charge is 0.380 e. The number of fused-ring (bicyclic) bond motifs is 1. The number of aromatic nitrogens is 3. The molecule has 0 amide bonds. The van der Waals surface area contributed by atoms with Crippen molar-refractivity contribution in [1.29, 1.82) is 0 Å². The average molecular weight is 520 g/mol. The Morgan fingerprint density at radius 3 is 2.70 bits per heavy atom. The maximum Gasteiger partial charge on any atom is 0.265 e. The highest BCUT2D eigenvalue weighted by Crippen LogP contribution is 2.43. The predicted molar refractivity (Wildman–Crippen MR) is 143 cm³/mol. The highest BCUT2D eigenvalue weighted by atomic mass is 32.2. The van der Waals surface area contributed by atoms with Gasteiger partial charge in [0.2, 0.25) is 0 Å². The second kappa shape index (κ2) is 10.0. The molecule has 37 heavy (non-hydrogen) atoms. The topological polar surface area (TPSA) is 80.6 Å². The Balaban J connectivity index is 1.32. The first-order chi connectivity index (χ1) is 18.0. The minimum atomic E-state index is -3.73. The smallest absolute Gasteiger partial charge is 0.265 e. The van der Waals surface area contributed by atoms with E-state index in [9.17, 15) is 8.42 Å². The molecule has 4 heterocycles. The van der Waals surface area contributed by atoms with Crippen molar-refractivity contribution in [2.24, 2.45) is 7.05 Å². The van der Waals surface area contributed by atoms with Crippen LogP contribution < -0.4 is 4.31 Å². The summed E-state index contributed by atoms with van der Waals surface area (Å²) in [5, 5.41) is 4.35.